The largest absolute Gasteiger partial charge is 0.309 e. The molecule has 0 bridgehead atoms. The zero-order valence-corrected chi connectivity index (χ0v) is 16.4. The predicted molar refractivity (Wildman–Crippen MR) is 118 cm³/mol. The van der Waals surface area contributed by atoms with E-state index < -0.39 is 4.75 Å². The first kappa shape index (κ1) is 18.5. The van der Waals surface area contributed by atoms with E-state index in [9.17, 15) is 0 Å². The van der Waals surface area contributed by atoms with Crippen LogP contribution in [-0.2, 0) is 15.5 Å². The summed E-state index contributed by atoms with van der Waals surface area (Å²) in [4.78, 5) is 0. The van der Waals surface area contributed by atoms with Gasteiger partial charge in [-0.05, 0) is 22.3 Å². The number of hydrogen-bond donors (Lipinski definition) is 0. The molecule has 0 fully saturated rings. The molecule has 4 rings (SSSR count). The number of benzene rings is 4. The third-order valence-corrected chi connectivity index (χ3v) is 5.99. The molecule has 0 aromatic heterocycles. The van der Waals surface area contributed by atoms with Crippen molar-refractivity contribution in [1.29, 1.82) is 0 Å². The van der Waals surface area contributed by atoms with E-state index in [1.54, 1.807) is 0 Å². The molecule has 0 aliphatic heterocycles. The molecule has 4 aromatic carbocycles. The summed E-state index contributed by atoms with van der Waals surface area (Å²) in [5.74, 6) is 0. The molecule has 0 N–H and O–H groups in total. The minimum atomic E-state index is -0.446. The van der Waals surface area contributed by atoms with Crippen molar-refractivity contribution in [3.05, 3.63) is 144 Å². The molecule has 0 aliphatic rings. The summed E-state index contributed by atoms with van der Waals surface area (Å²) in [5.41, 5.74) is 4.76. The monoisotopic (exact) mass is 382 g/mol. The summed E-state index contributed by atoms with van der Waals surface area (Å²) in [7, 11) is 0. The zero-order valence-electron chi connectivity index (χ0n) is 15.6. The lowest BCUT2D eigenvalue weighted by Crippen LogP contribution is -2.26. The molecule has 0 amide bonds. The lowest BCUT2D eigenvalue weighted by Gasteiger charge is -2.34. The minimum absolute atomic E-state index is 0.446. The first-order valence-corrected chi connectivity index (χ1v) is 10.1. The van der Waals surface area contributed by atoms with Crippen LogP contribution in [0.5, 0.6) is 0 Å². The van der Waals surface area contributed by atoms with Crippen LogP contribution < -0.4 is 0 Å². The summed E-state index contributed by atoms with van der Waals surface area (Å²) in [6.45, 7) is 0.555. The molecule has 1 nitrogen and oxygen atoms in total. The summed E-state index contributed by atoms with van der Waals surface area (Å²) in [6.07, 6.45) is 0. The molecule has 0 saturated heterocycles. The highest BCUT2D eigenvalue weighted by Gasteiger charge is 2.38. The Morgan fingerprint density at radius 3 is 1.25 bits per heavy atom. The van der Waals surface area contributed by atoms with E-state index >= 15 is 0 Å². The van der Waals surface area contributed by atoms with Gasteiger partial charge in [0.05, 0.1) is 6.61 Å². The Balaban J connectivity index is 1.79. The molecular weight excluding hydrogens is 360 g/mol. The van der Waals surface area contributed by atoms with Crippen LogP contribution >= 0.6 is 12.0 Å². The quantitative estimate of drug-likeness (QED) is 0.255. The lowest BCUT2D eigenvalue weighted by atomic mass is 9.84. The van der Waals surface area contributed by atoms with Crippen LogP contribution in [-0.4, -0.2) is 0 Å². The van der Waals surface area contributed by atoms with Gasteiger partial charge in [0.15, 0.2) is 0 Å². The van der Waals surface area contributed by atoms with Crippen molar-refractivity contribution in [2.45, 2.75) is 11.4 Å². The minimum Gasteiger partial charge on any atom is -0.309 e. The second-order valence-electron chi connectivity index (χ2n) is 6.61. The van der Waals surface area contributed by atoms with Crippen LogP contribution in [0.2, 0.25) is 0 Å². The Morgan fingerprint density at radius 2 is 0.857 bits per heavy atom. The number of rotatable bonds is 7. The van der Waals surface area contributed by atoms with Gasteiger partial charge >= 0.3 is 0 Å². The fraction of sp³-hybridized carbons (Fsp3) is 0.0769. The Bertz CT molecular complexity index is 873. The molecule has 0 unspecified atom stereocenters. The highest BCUT2D eigenvalue weighted by molar-refractivity contribution is 7.96. The van der Waals surface area contributed by atoms with E-state index in [1.165, 1.54) is 28.7 Å². The Kier molecular flexibility index (Phi) is 5.91. The average Bonchev–Trinajstić information content (AvgIpc) is 2.79. The van der Waals surface area contributed by atoms with Gasteiger partial charge in [0, 0.05) is 12.0 Å². The summed E-state index contributed by atoms with van der Waals surface area (Å²) < 4.78 is 5.82. The lowest BCUT2D eigenvalue weighted by molar-refractivity contribution is 0.358. The van der Waals surface area contributed by atoms with Gasteiger partial charge in [-0.25, -0.2) is 0 Å². The molecule has 0 heterocycles. The van der Waals surface area contributed by atoms with Crippen molar-refractivity contribution < 1.29 is 4.18 Å². The van der Waals surface area contributed by atoms with Gasteiger partial charge in [-0.2, -0.15) is 0 Å². The van der Waals surface area contributed by atoms with E-state index in [4.69, 9.17) is 4.18 Å². The van der Waals surface area contributed by atoms with Gasteiger partial charge in [-0.15, -0.1) is 0 Å². The second kappa shape index (κ2) is 8.92. The molecule has 0 aliphatic carbocycles. The fourth-order valence-corrected chi connectivity index (χ4v) is 4.49. The van der Waals surface area contributed by atoms with Gasteiger partial charge in [0.25, 0.3) is 0 Å². The van der Waals surface area contributed by atoms with E-state index in [0.29, 0.717) is 6.61 Å². The van der Waals surface area contributed by atoms with Gasteiger partial charge in [0.1, 0.15) is 4.75 Å². The van der Waals surface area contributed by atoms with Crippen LogP contribution in [0, 0.1) is 0 Å². The van der Waals surface area contributed by atoms with Gasteiger partial charge in [-0.3, -0.25) is 0 Å². The van der Waals surface area contributed by atoms with Crippen LogP contribution in [0.25, 0.3) is 0 Å². The molecule has 0 spiro atoms. The maximum Gasteiger partial charge on any atom is 0.117 e. The summed E-state index contributed by atoms with van der Waals surface area (Å²) in [5, 5.41) is 0. The second-order valence-corrected chi connectivity index (χ2v) is 7.63. The molecule has 2 heteroatoms. The van der Waals surface area contributed by atoms with Crippen LogP contribution in [0.3, 0.4) is 0 Å². The third kappa shape index (κ3) is 3.89. The standard InChI is InChI=1S/C26H22OS/c1-5-13-22(14-6-1)21-27-28-26(23-15-7-2-8-16-23,24-17-9-3-10-18-24)25-19-11-4-12-20-25/h1-20H,21H2. The molecular formula is C26H22OS. The topological polar surface area (TPSA) is 9.23 Å². The highest BCUT2D eigenvalue weighted by Crippen LogP contribution is 2.49. The molecule has 0 radical (unpaired) electrons. The maximum absolute atomic E-state index is 6.27. The zero-order chi connectivity index (χ0) is 19.1. The highest BCUT2D eigenvalue weighted by atomic mass is 32.2. The maximum atomic E-state index is 6.27. The first-order chi connectivity index (χ1) is 13.9. The molecule has 0 atom stereocenters. The van der Waals surface area contributed by atoms with Gasteiger partial charge in [0.2, 0.25) is 0 Å². The van der Waals surface area contributed by atoms with Crippen molar-refractivity contribution in [2.75, 3.05) is 0 Å². The Hall–Kier alpha value is -2.81. The smallest absolute Gasteiger partial charge is 0.117 e. The van der Waals surface area contributed by atoms with Crippen molar-refractivity contribution >= 4 is 12.0 Å². The van der Waals surface area contributed by atoms with E-state index in [0.717, 1.165) is 5.56 Å². The SMILES string of the molecule is c1ccc(COSC(c2ccccc2)(c2ccccc2)c2ccccc2)cc1. The molecule has 28 heavy (non-hydrogen) atoms. The van der Waals surface area contributed by atoms with E-state index in [-0.39, 0.29) is 0 Å². The molecule has 138 valence electrons. The Morgan fingerprint density at radius 1 is 0.500 bits per heavy atom. The summed E-state index contributed by atoms with van der Waals surface area (Å²) in [6, 6.07) is 42.1. The van der Waals surface area contributed by atoms with Crippen molar-refractivity contribution in [1.82, 2.24) is 0 Å². The average molecular weight is 383 g/mol. The number of hydrogen-bond acceptors (Lipinski definition) is 2. The fourth-order valence-electron chi connectivity index (χ4n) is 3.42. The van der Waals surface area contributed by atoms with Crippen LogP contribution in [0.1, 0.15) is 22.3 Å². The van der Waals surface area contributed by atoms with E-state index in [1.807, 2.05) is 18.2 Å². The first-order valence-electron chi connectivity index (χ1n) is 9.41. The van der Waals surface area contributed by atoms with Crippen LogP contribution in [0.15, 0.2) is 121 Å². The normalized spacial score (nSPS) is 11.3. The summed E-state index contributed by atoms with van der Waals surface area (Å²) >= 11 is 1.52. The van der Waals surface area contributed by atoms with Crippen molar-refractivity contribution in [2.24, 2.45) is 0 Å². The predicted octanol–water partition coefficient (Wildman–Crippen LogP) is 6.84. The Labute approximate surface area is 171 Å². The third-order valence-electron chi connectivity index (χ3n) is 4.79. The van der Waals surface area contributed by atoms with Crippen molar-refractivity contribution in [3.63, 3.8) is 0 Å². The van der Waals surface area contributed by atoms with E-state index in [2.05, 4.69) is 103 Å². The molecule has 4 aromatic rings. The van der Waals surface area contributed by atoms with Gasteiger partial charge in [-0.1, -0.05) is 121 Å². The van der Waals surface area contributed by atoms with Crippen LogP contribution in [0.4, 0.5) is 0 Å². The molecule has 0 saturated carbocycles. The van der Waals surface area contributed by atoms with Crippen molar-refractivity contribution in [3.8, 4) is 0 Å². The van der Waals surface area contributed by atoms with Gasteiger partial charge < -0.3 is 4.18 Å².